The van der Waals surface area contributed by atoms with Crippen LogP contribution < -0.4 is 23.8 Å². The van der Waals surface area contributed by atoms with Crippen LogP contribution in [-0.2, 0) is 14.8 Å². The molecule has 8 nitrogen and oxygen atoms in total. The van der Waals surface area contributed by atoms with Crippen LogP contribution in [0.5, 0.6) is 17.2 Å². The maximum Gasteiger partial charge on any atom is 0.240 e. The monoisotopic (exact) mass is 408 g/mol. The highest BCUT2D eigenvalue weighted by molar-refractivity contribution is 7.92. The Morgan fingerprint density at radius 1 is 1.04 bits per heavy atom. The Kier molecular flexibility index (Phi) is 7.51. The van der Waals surface area contributed by atoms with Gasteiger partial charge in [0.05, 0.1) is 32.7 Å². The molecule has 1 amide bonds. The number of carbonyl (C=O) groups excluding carboxylic acids is 1. The summed E-state index contributed by atoms with van der Waals surface area (Å²) >= 11 is 0. The van der Waals surface area contributed by atoms with Gasteiger partial charge in [-0.05, 0) is 24.3 Å². The van der Waals surface area contributed by atoms with Gasteiger partial charge < -0.3 is 19.5 Å². The molecule has 2 aromatic carbocycles. The molecule has 2 aromatic rings. The largest absolute Gasteiger partial charge is 0.493 e. The Morgan fingerprint density at radius 2 is 1.71 bits per heavy atom. The topological polar surface area (TPSA) is 94.2 Å². The smallest absolute Gasteiger partial charge is 0.240 e. The zero-order valence-electron chi connectivity index (χ0n) is 16.0. The molecule has 0 atom stereocenters. The zero-order valence-corrected chi connectivity index (χ0v) is 16.9. The number of nitrogens with one attached hydrogen (secondary N) is 1. The summed E-state index contributed by atoms with van der Waals surface area (Å²) in [5.41, 5.74) is 0.302. The van der Waals surface area contributed by atoms with Gasteiger partial charge in [0.2, 0.25) is 15.9 Å². The van der Waals surface area contributed by atoms with Gasteiger partial charge in [-0.3, -0.25) is 9.10 Å². The molecule has 0 radical (unpaired) electrons. The second-order valence-electron chi connectivity index (χ2n) is 5.82. The number of para-hydroxylation sites is 1. The highest BCUT2D eigenvalue weighted by Gasteiger charge is 2.22. The Morgan fingerprint density at radius 3 is 2.32 bits per heavy atom. The summed E-state index contributed by atoms with van der Waals surface area (Å²) in [6.45, 7) is 0.155. The fourth-order valence-electron chi connectivity index (χ4n) is 2.44. The van der Waals surface area contributed by atoms with Crippen molar-refractivity contribution in [2.45, 2.75) is 0 Å². The number of hydrogen-bond donors (Lipinski definition) is 1. The average Bonchev–Trinajstić information content (AvgIpc) is 2.69. The van der Waals surface area contributed by atoms with Gasteiger partial charge in [-0.25, -0.2) is 8.42 Å². The molecule has 152 valence electrons. The van der Waals surface area contributed by atoms with E-state index in [9.17, 15) is 13.2 Å². The molecule has 0 aliphatic heterocycles. The van der Waals surface area contributed by atoms with Crippen LogP contribution in [-0.4, -0.2) is 54.5 Å². The van der Waals surface area contributed by atoms with Gasteiger partial charge in [0.15, 0.2) is 11.5 Å². The van der Waals surface area contributed by atoms with Gasteiger partial charge in [0.25, 0.3) is 0 Å². The van der Waals surface area contributed by atoms with Gasteiger partial charge in [0.1, 0.15) is 18.9 Å². The first-order valence-electron chi connectivity index (χ1n) is 8.49. The predicted octanol–water partition coefficient (Wildman–Crippen LogP) is 1.66. The number of hydrogen-bond acceptors (Lipinski definition) is 6. The third kappa shape index (κ3) is 6.05. The van der Waals surface area contributed by atoms with E-state index in [4.69, 9.17) is 14.2 Å². The number of anilines is 1. The number of sulfonamides is 1. The first kappa shape index (κ1) is 21.4. The van der Waals surface area contributed by atoms with E-state index in [-0.39, 0.29) is 19.7 Å². The lowest BCUT2D eigenvalue weighted by Gasteiger charge is -2.23. The molecule has 0 spiro atoms. The van der Waals surface area contributed by atoms with E-state index in [2.05, 4.69) is 5.32 Å². The van der Waals surface area contributed by atoms with Crippen molar-refractivity contribution in [2.24, 2.45) is 0 Å². The van der Waals surface area contributed by atoms with E-state index in [1.165, 1.54) is 20.3 Å². The Hall–Kier alpha value is -2.94. The minimum Gasteiger partial charge on any atom is -0.493 e. The van der Waals surface area contributed by atoms with E-state index in [1.807, 2.05) is 30.3 Å². The maximum absolute atomic E-state index is 12.2. The lowest BCUT2D eigenvalue weighted by molar-refractivity contribution is -0.119. The molecule has 1 N–H and O–H groups in total. The van der Waals surface area contributed by atoms with E-state index in [0.717, 1.165) is 10.6 Å². The summed E-state index contributed by atoms with van der Waals surface area (Å²) < 4.78 is 41.2. The second kappa shape index (κ2) is 9.84. The van der Waals surface area contributed by atoms with Gasteiger partial charge >= 0.3 is 0 Å². The molecule has 0 saturated heterocycles. The number of methoxy groups -OCH3 is 2. The zero-order chi connectivity index (χ0) is 20.6. The summed E-state index contributed by atoms with van der Waals surface area (Å²) in [5, 5.41) is 2.65. The van der Waals surface area contributed by atoms with Crippen LogP contribution in [0.25, 0.3) is 0 Å². The van der Waals surface area contributed by atoms with E-state index >= 15 is 0 Å². The van der Waals surface area contributed by atoms with Gasteiger partial charge in [-0.2, -0.15) is 0 Å². The molecular formula is C19H24N2O6S. The van der Waals surface area contributed by atoms with Crippen LogP contribution in [0.15, 0.2) is 48.5 Å². The van der Waals surface area contributed by atoms with Gasteiger partial charge in [-0.15, -0.1) is 0 Å². The summed E-state index contributed by atoms with van der Waals surface area (Å²) in [6.07, 6.45) is 1.04. The van der Waals surface area contributed by atoms with Crippen LogP contribution in [0, 0.1) is 0 Å². The lowest BCUT2D eigenvalue weighted by atomic mass is 10.2. The Labute approximate surface area is 165 Å². The third-order valence-electron chi connectivity index (χ3n) is 3.78. The molecule has 0 saturated carbocycles. The van der Waals surface area contributed by atoms with Crippen LogP contribution in [0.3, 0.4) is 0 Å². The Bertz CT molecular complexity index is 887. The van der Waals surface area contributed by atoms with E-state index in [0.29, 0.717) is 22.9 Å². The molecule has 2 rings (SSSR count). The molecule has 28 heavy (non-hydrogen) atoms. The van der Waals surface area contributed by atoms with Crippen molar-refractivity contribution in [2.75, 3.05) is 44.5 Å². The molecule has 0 aliphatic rings. The van der Waals surface area contributed by atoms with Crippen molar-refractivity contribution in [1.82, 2.24) is 5.32 Å². The molecule has 0 aliphatic carbocycles. The average molecular weight is 408 g/mol. The number of ether oxygens (including phenoxy) is 3. The highest BCUT2D eigenvalue weighted by Crippen LogP contribution is 2.32. The first-order chi connectivity index (χ1) is 13.3. The highest BCUT2D eigenvalue weighted by atomic mass is 32.2. The maximum atomic E-state index is 12.2. The van der Waals surface area contributed by atoms with E-state index in [1.54, 1.807) is 12.1 Å². The third-order valence-corrected chi connectivity index (χ3v) is 4.92. The van der Waals surface area contributed by atoms with Crippen molar-refractivity contribution in [1.29, 1.82) is 0 Å². The number of nitrogens with zero attached hydrogens (tertiary/aromatic N) is 1. The van der Waals surface area contributed by atoms with Gasteiger partial charge in [0, 0.05) is 6.07 Å². The molecule has 9 heteroatoms. The molecule has 0 bridgehead atoms. The molecule has 0 fully saturated rings. The SMILES string of the molecule is COc1ccc(N(CC(=O)NCCOc2ccccc2)S(C)(=O)=O)cc1OC. The number of rotatable bonds is 10. The van der Waals surface area contributed by atoms with Crippen LogP contribution in [0.2, 0.25) is 0 Å². The van der Waals surface area contributed by atoms with Gasteiger partial charge in [-0.1, -0.05) is 18.2 Å². The quantitative estimate of drug-likeness (QED) is 0.601. The lowest BCUT2D eigenvalue weighted by Crippen LogP contribution is -2.41. The first-order valence-corrected chi connectivity index (χ1v) is 10.3. The van der Waals surface area contributed by atoms with Crippen molar-refractivity contribution in [3.8, 4) is 17.2 Å². The van der Waals surface area contributed by atoms with Crippen molar-refractivity contribution < 1.29 is 27.4 Å². The summed E-state index contributed by atoms with van der Waals surface area (Å²) in [6, 6.07) is 13.8. The van der Waals surface area contributed by atoms with Crippen molar-refractivity contribution in [3.63, 3.8) is 0 Å². The minimum atomic E-state index is -3.69. The van der Waals surface area contributed by atoms with Crippen molar-refractivity contribution >= 4 is 21.6 Å². The van der Waals surface area contributed by atoms with Crippen LogP contribution in [0.4, 0.5) is 5.69 Å². The summed E-state index contributed by atoms with van der Waals surface area (Å²) in [4.78, 5) is 12.2. The number of amides is 1. The fourth-order valence-corrected chi connectivity index (χ4v) is 3.29. The molecular weight excluding hydrogens is 384 g/mol. The Balaban J connectivity index is 1.99. The summed E-state index contributed by atoms with van der Waals surface area (Å²) in [5.74, 6) is 1.07. The molecule has 0 aromatic heterocycles. The van der Waals surface area contributed by atoms with Crippen LogP contribution in [0.1, 0.15) is 0 Å². The van der Waals surface area contributed by atoms with E-state index < -0.39 is 15.9 Å². The van der Waals surface area contributed by atoms with Crippen molar-refractivity contribution in [3.05, 3.63) is 48.5 Å². The summed E-state index contributed by atoms with van der Waals surface area (Å²) in [7, 11) is -0.753. The normalized spacial score (nSPS) is 10.8. The predicted molar refractivity (Wildman–Crippen MR) is 107 cm³/mol. The second-order valence-corrected chi connectivity index (χ2v) is 7.73. The standard InChI is InChI=1S/C19H24N2O6S/c1-25-17-10-9-15(13-18(17)26-2)21(28(3,23)24)14-19(22)20-11-12-27-16-7-5-4-6-8-16/h4-10,13H,11-12,14H2,1-3H3,(H,20,22). The number of carbonyl (C=O) groups is 1. The van der Waals surface area contributed by atoms with Crippen LogP contribution >= 0.6 is 0 Å². The number of benzene rings is 2. The molecule has 0 heterocycles. The molecule has 0 unspecified atom stereocenters. The fraction of sp³-hybridized carbons (Fsp3) is 0.316. The minimum absolute atomic E-state index is 0.247.